The SMILES string of the molecule is CCCC1CC(NC(C)c2cc(C)ccc2C)CCO1. The Morgan fingerprint density at radius 3 is 2.90 bits per heavy atom. The first kappa shape index (κ1) is 15.5. The lowest BCUT2D eigenvalue weighted by Crippen LogP contribution is -2.40. The van der Waals surface area contributed by atoms with Crippen molar-refractivity contribution in [2.45, 2.75) is 71.6 Å². The van der Waals surface area contributed by atoms with Gasteiger partial charge >= 0.3 is 0 Å². The Bertz CT molecular complexity index is 427. The van der Waals surface area contributed by atoms with Gasteiger partial charge in [-0.3, -0.25) is 0 Å². The first-order chi connectivity index (χ1) is 9.60. The maximum Gasteiger partial charge on any atom is 0.0589 e. The second-order valence-electron chi connectivity index (χ2n) is 6.25. The van der Waals surface area contributed by atoms with Crippen LogP contribution in [-0.4, -0.2) is 18.8 Å². The van der Waals surface area contributed by atoms with Gasteiger partial charge in [-0.1, -0.05) is 37.1 Å². The smallest absolute Gasteiger partial charge is 0.0589 e. The van der Waals surface area contributed by atoms with Gasteiger partial charge < -0.3 is 10.1 Å². The average molecular weight is 275 g/mol. The van der Waals surface area contributed by atoms with E-state index >= 15 is 0 Å². The number of rotatable bonds is 5. The zero-order valence-corrected chi connectivity index (χ0v) is 13.4. The highest BCUT2D eigenvalue weighted by Gasteiger charge is 2.23. The average Bonchev–Trinajstić information content (AvgIpc) is 2.42. The fourth-order valence-electron chi connectivity index (χ4n) is 3.22. The number of benzene rings is 1. The van der Waals surface area contributed by atoms with Crippen molar-refractivity contribution in [1.29, 1.82) is 0 Å². The molecule has 1 fully saturated rings. The molecule has 2 heteroatoms. The van der Waals surface area contributed by atoms with Crippen molar-refractivity contribution < 1.29 is 4.74 Å². The fourth-order valence-corrected chi connectivity index (χ4v) is 3.22. The van der Waals surface area contributed by atoms with E-state index in [4.69, 9.17) is 4.74 Å². The molecule has 0 aromatic heterocycles. The summed E-state index contributed by atoms with van der Waals surface area (Å²) < 4.78 is 5.84. The van der Waals surface area contributed by atoms with E-state index in [1.807, 2.05) is 0 Å². The standard InChI is InChI=1S/C18H29NO/c1-5-6-17-12-16(9-10-20-17)19-15(4)18-11-13(2)7-8-14(18)3/h7-8,11,15-17,19H,5-6,9-10,12H2,1-4H3. The predicted molar refractivity (Wildman–Crippen MR) is 85.1 cm³/mol. The van der Waals surface area contributed by atoms with Crippen LogP contribution in [0.15, 0.2) is 18.2 Å². The molecule has 0 spiro atoms. The number of hydrogen-bond acceptors (Lipinski definition) is 2. The van der Waals surface area contributed by atoms with Crippen LogP contribution in [0.5, 0.6) is 0 Å². The molecule has 1 heterocycles. The predicted octanol–water partition coefficient (Wildman–Crippen LogP) is 4.30. The first-order valence-electron chi connectivity index (χ1n) is 8.05. The number of ether oxygens (including phenoxy) is 1. The van der Waals surface area contributed by atoms with Crippen LogP contribution in [0.2, 0.25) is 0 Å². The maximum atomic E-state index is 5.84. The van der Waals surface area contributed by atoms with Crippen LogP contribution < -0.4 is 5.32 Å². The molecule has 0 amide bonds. The quantitative estimate of drug-likeness (QED) is 0.865. The lowest BCUT2D eigenvalue weighted by atomic mass is 9.96. The summed E-state index contributed by atoms with van der Waals surface area (Å²) >= 11 is 0. The van der Waals surface area contributed by atoms with E-state index in [1.54, 1.807) is 0 Å². The van der Waals surface area contributed by atoms with Gasteiger partial charge in [-0.25, -0.2) is 0 Å². The van der Waals surface area contributed by atoms with Crippen molar-refractivity contribution >= 4 is 0 Å². The Hall–Kier alpha value is -0.860. The minimum absolute atomic E-state index is 0.417. The van der Waals surface area contributed by atoms with E-state index in [9.17, 15) is 0 Å². The first-order valence-corrected chi connectivity index (χ1v) is 8.05. The summed E-state index contributed by atoms with van der Waals surface area (Å²) in [6.45, 7) is 9.80. The number of nitrogens with one attached hydrogen (secondary N) is 1. The Balaban J connectivity index is 1.96. The third-order valence-corrected chi connectivity index (χ3v) is 4.36. The highest BCUT2D eigenvalue weighted by molar-refractivity contribution is 5.32. The second kappa shape index (κ2) is 7.24. The van der Waals surface area contributed by atoms with Gasteiger partial charge in [0, 0.05) is 18.7 Å². The molecule has 20 heavy (non-hydrogen) atoms. The molecule has 3 atom stereocenters. The normalized spacial score (nSPS) is 24.6. The molecule has 1 aliphatic heterocycles. The van der Waals surface area contributed by atoms with Crippen molar-refractivity contribution in [1.82, 2.24) is 5.32 Å². The minimum Gasteiger partial charge on any atom is -0.378 e. The Kier molecular flexibility index (Phi) is 5.62. The summed E-state index contributed by atoms with van der Waals surface area (Å²) in [6, 6.07) is 7.75. The maximum absolute atomic E-state index is 5.84. The minimum atomic E-state index is 0.417. The van der Waals surface area contributed by atoms with Gasteiger partial charge in [0.25, 0.3) is 0 Å². The van der Waals surface area contributed by atoms with Crippen LogP contribution in [0.25, 0.3) is 0 Å². The molecule has 2 rings (SSSR count). The van der Waals surface area contributed by atoms with Crippen molar-refractivity contribution in [3.05, 3.63) is 34.9 Å². The highest BCUT2D eigenvalue weighted by Crippen LogP contribution is 2.23. The largest absolute Gasteiger partial charge is 0.378 e. The monoisotopic (exact) mass is 275 g/mol. The van der Waals surface area contributed by atoms with Crippen molar-refractivity contribution in [3.8, 4) is 0 Å². The summed E-state index contributed by atoms with van der Waals surface area (Å²) in [5.74, 6) is 0. The van der Waals surface area contributed by atoms with E-state index < -0.39 is 0 Å². The molecule has 3 unspecified atom stereocenters. The van der Waals surface area contributed by atoms with E-state index in [0.717, 1.165) is 19.4 Å². The molecule has 1 aromatic carbocycles. The molecular formula is C18H29NO. The van der Waals surface area contributed by atoms with E-state index in [0.29, 0.717) is 18.2 Å². The lowest BCUT2D eigenvalue weighted by molar-refractivity contribution is -0.00473. The Morgan fingerprint density at radius 1 is 1.35 bits per heavy atom. The van der Waals surface area contributed by atoms with Gasteiger partial charge in [-0.05, 0) is 51.2 Å². The van der Waals surface area contributed by atoms with Crippen LogP contribution in [0, 0.1) is 13.8 Å². The summed E-state index contributed by atoms with van der Waals surface area (Å²) in [7, 11) is 0. The summed E-state index contributed by atoms with van der Waals surface area (Å²) in [4.78, 5) is 0. The van der Waals surface area contributed by atoms with Gasteiger partial charge in [-0.15, -0.1) is 0 Å². The topological polar surface area (TPSA) is 21.3 Å². The summed E-state index contributed by atoms with van der Waals surface area (Å²) in [6.07, 6.45) is 5.15. The van der Waals surface area contributed by atoms with Gasteiger partial charge in [0.05, 0.1) is 6.10 Å². The fraction of sp³-hybridized carbons (Fsp3) is 0.667. The van der Waals surface area contributed by atoms with E-state index in [-0.39, 0.29) is 0 Å². The molecule has 0 aliphatic carbocycles. The molecule has 1 aliphatic rings. The van der Waals surface area contributed by atoms with Crippen molar-refractivity contribution in [2.24, 2.45) is 0 Å². The Labute approximate surface area is 123 Å². The van der Waals surface area contributed by atoms with Gasteiger partial charge in [0.15, 0.2) is 0 Å². The molecule has 2 nitrogen and oxygen atoms in total. The second-order valence-corrected chi connectivity index (χ2v) is 6.25. The summed E-state index contributed by atoms with van der Waals surface area (Å²) in [5, 5.41) is 3.81. The molecule has 0 bridgehead atoms. The third-order valence-electron chi connectivity index (χ3n) is 4.36. The molecule has 0 radical (unpaired) electrons. The van der Waals surface area contributed by atoms with Crippen LogP contribution in [0.4, 0.5) is 0 Å². The zero-order valence-electron chi connectivity index (χ0n) is 13.4. The van der Waals surface area contributed by atoms with Crippen LogP contribution in [-0.2, 0) is 4.74 Å². The van der Waals surface area contributed by atoms with Crippen LogP contribution >= 0.6 is 0 Å². The summed E-state index contributed by atoms with van der Waals surface area (Å²) in [5.41, 5.74) is 4.16. The molecule has 1 aromatic rings. The van der Waals surface area contributed by atoms with Gasteiger partial charge in [-0.2, -0.15) is 0 Å². The van der Waals surface area contributed by atoms with Gasteiger partial charge in [0.2, 0.25) is 0 Å². The molecular weight excluding hydrogens is 246 g/mol. The molecule has 1 N–H and O–H groups in total. The molecule has 0 saturated carbocycles. The lowest BCUT2D eigenvalue weighted by Gasteiger charge is -2.32. The highest BCUT2D eigenvalue weighted by atomic mass is 16.5. The Morgan fingerprint density at radius 2 is 2.15 bits per heavy atom. The van der Waals surface area contributed by atoms with Gasteiger partial charge in [0.1, 0.15) is 0 Å². The molecule has 1 saturated heterocycles. The van der Waals surface area contributed by atoms with Crippen molar-refractivity contribution in [2.75, 3.05) is 6.61 Å². The van der Waals surface area contributed by atoms with Crippen LogP contribution in [0.1, 0.15) is 62.3 Å². The molecule has 112 valence electrons. The number of aryl methyl sites for hydroxylation is 2. The van der Waals surface area contributed by atoms with Crippen LogP contribution in [0.3, 0.4) is 0 Å². The van der Waals surface area contributed by atoms with E-state index in [1.165, 1.54) is 29.5 Å². The number of hydrogen-bond donors (Lipinski definition) is 1. The third kappa shape index (κ3) is 4.07. The van der Waals surface area contributed by atoms with Crippen molar-refractivity contribution in [3.63, 3.8) is 0 Å². The zero-order chi connectivity index (χ0) is 14.5. The van der Waals surface area contributed by atoms with E-state index in [2.05, 4.69) is 51.2 Å².